The van der Waals surface area contributed by atoms with Crippen LogP contribution in [0.2, 0.25) is 0 Å². The second-order valence-electron chi connectivity index (χ2n) is 7.07. The van der Waals surface area contributed by atoms with Crippen molar-refractivity contribution in [2.45, 2.75) is 40.0 Å². The van der Waals surface area contributed by atoms with E-state index in [0.717, 1.165) is 34.2 Å². The third kappa shape index (κ3) is 4.46. The molecule has 0 saturated heterocycles. The topological polar surface area (TPSA) is 84.5 Å². The third-order valence-electron chi connectivity index (χ3n) is 4.49. The van der Waals surface area contributed by atoms with Crippen molar-refractivity contribution in [2.75, 3.05) is 6.66 Å². The number of rotatable bonds is 5. The SMILES string of the molecule is Cc1cc(C(=N)[P+](C)(O)O)cc(C)c1Cc1ccc(O)c(C(C)C)c1. The Labute approximate surface area is 150 Å². The molecule has 0 aliphatic carbocycles. The number of aromatic hydroxyl groups is 1. The van der Waals surface area contributed by atoms with Gasteiger partial charge in [-0.25, -0.2) is 9.79 Å². The van der Waals surface area contributed by atoms with Gasteiger partial charge in [-0.1, -0.05) is 26.0 Å². The molecule has 0 saturated carbocycles. The van der Waals surface area contributed by atoms with Crippen molar-refractivity contribution in [1.29, 1.82) is 5.41 Å². The molecule has 0 radical (unpaired) electrons. The number of phenols is 1. The van der Waals surface area contributed by atoms with Crippen LogP contribution in [0.5, 0.6) is 5.75 Å². The first-order chi connectivity index (χ1) is 11.5. The van der Waals surface area contributed by atoms with E-state index >= 15 is 0 Å². The summed E-state index contributed by atoms with van der Waals surface area (Å²) < 4.78 is 0. The van der Waals surface area contributed by atoms with Gasteiger partial charge >= 0.3 is 7.72 Å². The molecular formula is C20H27NO3P+. The predicted octanol–water partition coefficient (Wildman–Crippen LogP) is 4.51. The Bertz CT molecular complexity index is 784. The van der Waals surface area contributed by atoms with Gasteiger partial charge in [0.1, 0.15) is 12.4 Å². The number of aryl methyl sites for hydroxylation is 2. The number of phenolic OH excluding ortho intramolecular Hbond substituents is 1. The van der Waals surface area contributed by atoms with Crippen LogP contribution in [-0.2, 0) is 6.42 Å². The standard InChI is InChI=1S/C20H26NO3P/c1-12(2)17-10-15(6-7-19(17)22)11-18-13(3)8-16(9-14(18)4)20(21)25(5,23)24/h6-10,12,21,23-24H,11H2,1-5H3/p+1. The van der Waals surface area contributed by atoms with Crippen LogP contribution in [0.15, 0.2) is 30.3 Å². The van der Waals surface area contributed by atoms with Crippen LogP contribution < -0.4 is 0 Å². The van der Waals surface area contributed by atoms with Crippen LogP contribution >= 0.6 is 7.72 Å². The molecule has 0 aromatic heterocycles. The molecule has 0 unspecified atom stereocenters. The molecule has 0 heterocycles. The van der Waals surface area contributed by atoms with Gasteiger partial charge in [0.05, 0.1) is 0 Å². The quantitative estimate of drug-likeness (QED) is 0.467. The summed E-state index contributed by atoms with van der Waals surface area (Å²) >= 11 is 0. The lowest BCUT2D eigenvalue weighted by Gasteiger charge is -2.15. The summed E-state index contributed by atoms with van der Waals surface area (Å²) in [5.41, 5.74) is 5.72. The zero-order valence-electron chi connectivity index (χ0n) is 15.5. The van der Waals surface area contributed by atoms with Crippen molar-refractivity contribution in [1.82, 2.24) is 0 Å². The Morgan fingerprint density at radius 2 is 1.64 bits per heavy atom. The van der Waals surface area contributed by atoms with Crippen LogP contribution in [0.3, 0.4) is 0 Å². The molecule has 0 spiro atoms. The fourth-order valence-electron chi connectivity index (χ4n) is 3.03. The first-order valence-electron chi connectivity index (χ1n) is 8.34. The summed E-state index contributed by atoms with van der Waals surface area (Å²) in [5.74, 6) is 0.575. The fraction of sp³-hybridized carbons (Fsp3) is 0.350. The molecule has 4 nitrogen and oxygen atoms in total. The Hall–Kier alpha value is -1.74. The summed E-state index contributed by atoms with van der Waals surface area (Å²) in [4.78, 5) is 19.5. The molecule has 0 bridgehead atoms. The Balaban J connectivity index is 2.39. The van der Waals surface area contributed by atoms with Crippen molar-refractivity contribution in [3.63, 3.8) is 0 Å². The van der Waals surface area contributed by atoms with Gasteiger partial charge in [0.15, 0.2) is 0 Å². The average Bonchev–Trinajstić information content (AvgIpc) is 2.50. The van der Waals surface area contributed by atoms with Gasteiger partial charge in [-0.2, -0.15) is 0 Å². The lowest BCUT2D eigenvalue weighted by atomic mass is 9.92. The maximum absolute atomic E-state index is 9.99. The minimum atomic E-state index is -3.32. The van der Waals surface area contributed by atoms with Gasteiger partial charge < -0.3 is 5.11 Å². The Morgan fingerprint density at radius 3 is 2.12 bits per heavy atom. The molecule has 2 rings (SSSR count). The van der Waals surface area contributed by atoms with Gasteiger partial charge in [-0.05, 0) is 72.2 Å². The van der Waals surface area contributed by atoms with Crippen LogP contribution in [0.25, 0.3) is 0 Å². The van der Waals surface area contributed by atoms with Gasteiger partial charge in [-0.15, -0.1) is 0 Å². The molecule has 0 fully saturated rings. The van der Waals surface area contributed by atoms with E-state index in [0.29, 0.717) is 11.3 Å². The summed E-state index contributed by atoms with van der Waals surface area (Å²) in [6.07, 6.45) is 0.732. The van der Waals surface area contributed by atoms with E-state index in [9.17, 15) is 14.9 Å². The molecule has 4 N–H and O–H groups in total. The van der Waals surface area contributed by atoms with Crippen molar-refractivity contribution in [3.8, 4) is 5.75 Å². The van der Waals surface area contributed by atoms with E-state index < -0.39 is 7.72 Å². The predicted molar refractivity (Wildman–Crippen MR) is 105 cm³/mol. The summed E-state index contributed by atoms with van der Waals surface area (Å²) in [6, 6.07) is 9.41. The lowest BCUT2D eigenvalue weighted by Crippen LogP contribution is -2.07. The van der Waals surface area contributed by atoms with Crippen molar-refractivity contribution < 1.29 is 14.9 Å². The van der Waals surface area contributed by atoms with Crippen LogP contribution in [0, 0.1) is 19.3 Å². The highest BCUT2D eigenvalue weighted by atomic mass is 31.2. The summed E-state index contributed by atoms with van der Waals surface area (Å²) in [7, 11) is -3.32. The van der Waals surface area contributed by atoms with Crippen LogP contribution in [0.1, 0.15) is 53.1 Å². The molecular weight excluding hydrogens is 333 g/mol. The van der Waals surface area contributed by atoms with E-state index in [1.807, 2.05) is 38.1 Å². The molecule has 134 valence electrons. The second-order valence-corrected chi connectivity index (χ2v) is 9.35. The minimum absolute atomic E-state index is 0.100. The third-order valence-corrected chi connectivity index (χ3v) is 5.59. The van der Waals surface area contributed by atoms with E-state index in [-0.39, 0.29) is 11.4 Å². The van der Waals surface area contributed by atoms with Gasteiger partial charge in [0.2, 0.25) is 5.45 Å². The van der Waals surface area contributed by atoms with Gasteiger partial charge in [0, 0.05) is 5.56 Å². The molecule has 2 aromatic carbocycles. The first-order valence-corrected chi connectivity index (χ1v) is 10.5. The highest BCUT2D eigenvalue weighted by Gasteiger charge is 2.34. The maximum Gasteiger partial charge on any atom is 0.315 e. The van der Waals surface area contributed by atoms with E-state index in [1.165, 1.54) is 6.66 Å². The monoisotopic (exact) mass is 360 g/mol. The van der Waals surface area contributed by atoms with Crippen molar-refractivity contribution in [2.24, 2.45) is 0 Å². The molecule has 25 heavy (non-hydrogen) atoms. The largest absolute Gasteiger partial charge is 0.508 e. The Morgan fingerprint density at radius 1 is 1.08 bits per heavy atom. The number of nitrogens with one attached hydrogen (secondary N) is 1. The first kappa shape index (κ1) is 19.6. The zero-order valence-corrected chi connectivity index (χ0v) is 16.4. The number of hydrogen-bond acceptors (Lipinski definition) is 4. The van der Waals surface area contributed by atoms with Crippen LogP contribution in [-0.4, -0.2) is 27.0 Å². The maximum atomic E-state index is 9.99. The van der Waals surface area contributed by atoms with Gasteiger partial charge in [-0.3, -0.25) is 5.41 Å². The highest BCUT2D eigenvalue weighted by Crippen LogP contribution is 2.48. The van der Waals surface area contributed by atoms with E-state index in [1.54, 1.807) is 6.07 Å². The molecule has 5 heteroatoms. The molecule has 0 aliphatic rings. The average molecular weight is 360 g/mol. The van der Waals surface area contributed by atoms with Crippen molar-refractivity contribution in [3.05, 3.63) is 63.7 Å². The molecule has 0 amide bonds. The number of hydrogen-bond donors (Lipinski definition) is 4. The minimum Gasteiger partial charge on any atom is -0.508 e. The van der Waals surface area contributed by atoms with Crippen LogP contribution in [0.4, 0.5) is 0 Å². The Kier molecular flexibility index (Phi) is 5.68. The highest BCUT2D eigenvalue weighted by molar-refractivity contribution is 7.81. The van der Waals surface area contributed by atoms with E-state index in [4.69, 9.17) is 5.41 Å². The normalized spacial score (nSPS) is 11.8. The zero-order chi connectivity index (χ0) is 18.9. The summed E-state index contributed by atoms with van der Waals surface area (Å²) in [6.45, 7) is 9.37. The molecule has 0 atom stereocenters. The summed E-state index contributed by atoms with van der Waals surface area (Å²) in [5, 5.41) is 18.0. The lowest BCUT2D eigenvalue weighted by molar-refractivity contribution is 0.464. The fourth-order valence-corrected chi connectivity index (χ4v) is 3.65. The molecule has 0 aliphatic heterocycles. The smallest absolute Gasteiger partial charge is 0.315 e. The molecule has 2 aromatic rings. The van der Waals surface area contributed by atoms with Gasteiger partial charge in [0.25, 0.3) is 0 Å². The number of benzene rings is 2. The van der Waals surface area contributed by atoms with E-state index in [2.05, 4.69) is 13.8 Å². The second kappa shape index (κ2) is 7.25. The van der Waals surface area contributed by atoms with Crippen molar-refractivity contribution >= 4 is 13.2 Å².